The third-order valence-corrected chi connectivity index (χ3v) is 2.89. The standard InChI is InChI=1S/C11H12N2OS/c1-8-2-4-9(5-3-8)14-6-10-11(12)13-7-15-10/h2-5,7H,6,12H2,1H3. The van der Waals surface area contributed by atoms with Gasteiger partial charge in [-0.05, 0) is 19.1 Å². The van der Waals surface area contributed by atoms with Crippen LogP contribution in [0, 0.1) is 6.92 Å². The van der Waals surface area contributed by atoms with Crippen LogP contribution in [0.15, 0.2) is 29.8 Å². The average molecular weight is 220 g/mol. The molecule has 0 atom stereocenters. The number of nitrogen functional groups attached to an aromatic ring is 1. The largest absolute Gasteiger partial charge is 0.488 e. The van der Waals surface area contributed by atoms with Crippen LogP contribution in [0.3, 0.4) is 0 Å². The lowest BCUT2D eigenvalue weighted by molar-refractivity contribution is 0.310. The summed E-state index contributed by atoms with van der Waals surface area (Å²) in [6.07, 6.45) is 0. The number of nitrogens with zero attached hydrogens (tertiary/aromatic N) is 1. The van der Waals surface area contributed by atoms with Gasteiger partial charge in [-0.1, -0.05) is 17.7 Å². The molecule has 3 nitrogen and oxygen atoms in total. The molecule has 15 heavy (non-hydrogen) atoms. The zero-order valence-corrected chi connectivity index (χ0v) is 9.25. The number of benzene rings is 1. The lowest BCUT2D eigenvalue weighted by Gasteiger charge is -2.04. The summed E-state index contributed by atoms with van der Waals surface area (Å²) < 4.78 is 5.58. The molecule has 0 aliphatic carbocycles. The molecule has 0 saturated carbocycles. The first-order valence-corrected chi connectivity index (χ1v) is 5.51. The summed E-state index contributed by atoms with van der Waals surface area (Å²) in [6, 6.07) is 7.94. The maximum absolute atomic E-state index is 5.65. The number of hydrogen-bond donors (Lipinski definition) is 1. The molecule has 2 rings (SSSR count). The van der Waals surface area contributed by atoms with E-state index in [-0.39, 0.29) is 0 Å². The summed E-state index contributed by atoms with van der Waals surface area (Å²) in [5.74, 6) is 1.42. The highest BCUT2D eigenvalue weighted by Gasteiger charge is 2.02. The predicted molar refractivity (Wildman–Crippen MR) is 62.0 cm³/mol. The van der Waals surface area contributed by atoms with Gasteiger partial charge in [0.05, 0.1) is 10.4 Å². The summed E-state index contributed by atoms with van der Waals surface area (Å²) in [6.45, 7) is 2.53. The van der Waals surface area contributed by atoms with Crippen LogP contribution in [0.2, 0.25) is 0 Å². The number of aryl methyl sites for hydroxylation is 1. The van der Waals surface area contributed by atoms with Gasteiger partial charge in [0.15, 0.2) is 0 Å². The number of rotatable bonds is 3. The van der Waals surface area contributed by atoms with Crippen LogP contribution in [-0.2, 0) is 6.61 Å². The Morgan fingerprint density at radius 3 is 2.67 bits per heavy atom. The Balaban J connectivity index is 1.99. The lowest BCUT2D eigenvalue weighted by atomic mass is 10.2. The third-order valence-electron chi connectivity index (χ3n) is 2.06. The zero-order chi connectivity index (χ0) is 10.7. The molecule has 0 amide bonds. The van der Waals surface area contributed by atoms with Crippen molar-refractivity contribution in [3.05, 3.63) is 40.2 Å². The minimum absolute atomic E-state index is 0.486. The summed E-state index contributed by atoms with van der Waals surface area (Å²) in [5.41, 5.74) is 8.60. The van der Waals surface area contributed by atoms with Crippen molar-refractivity contribution in [1.29, 1.82) is 0 Å². The molecule has 2 N–H and O–H groups in total. The highest BCUT2D eigenvalue weighted by atomic mass is 32.1. The smallest absolute Gasteiger partial charge is 0.141 e. The predicted octanol–water partition coefficient (Wildman–Crippen LogP) is 2.61. The minimum Gasteiger partial charge on any atom is -0.488 e. The first kappa shape index (κ1) is 9.98. The van der Waals surface area contributed by atoms with Crippen molar-refractivity contribution in [1.82, 2.24) is 4.98 Å². The first-order chi connectivity index (χ1) is 7.25. The van der Waals surface area contributed by atoms with E-state index in [1.807, 2.05) is 31.2 Å². The Labute approximate surface area is 92.5 Å². The maximum Gasteiger partial charge on any atom is 0.141 e. The van der Waals surface area contributed by atoms with E-state index in [9.17, 15) is 0 Å². The van der Waals surface area contributed by atoms with Crippen LogP contribution in [0.5, 0.6) is 5.75 Å². The summed E-state index contributed by atoms with van der Waals surface area (Å²) >= 11 is 1.51. The number of ether oxygens (including phenoxy) is 1. The van der Waals surface area contributed by atoms with Crippen LogP contribution in [-0.4, -0.2) is 4.98 Å². The van der Waals surface area contributed by atoms with Crippen molar-refractivity contribution in [3.63, 3.8) is 0 Å². The van der Waals surface area contributed by atoms with Gasteiger partial charge < -0.3 is 10.5 Å². The van der Waals surface area contributed by atoms with Crippen LogP contribution in [0.25, 0.3) is 0 Å². The van der Waals surface area contributed by atoms with Crippen LogP contribution < -0.4 is 10.5 Å². The Kier molecular flexibility index (Phi) is 2.87. The van der Waals surface area contributed by atoms with Gasteiger partial charge in [0.1, 0.15) is 18.2 Å². The van der Waals surface area contributed by atoms with Crippen molar-refractivity contribution in [2.45, 2.75) is 13.5 Å². The Bertz CT molecular complexity index is 436. The molecule has 1 aromatic carbocycles. The second-order valence-electron chi connectivity index (χ2n) is 3.26. The first-order valence-electron chi connectivity index (χ1n) is 4.63. The van der Waals surface area contributed by atoms with Crippen LogP contribution in [0.4, 0.5) is 5.82 Å². The van der Waals surface area contributed by atoms with E-state index in [0.717, 1.165) is 10.6 Å². The van der Waals surface area contributed by atoms with Crippen molar-refractivity contribution in [3.8, 4) is 5.75 Å². The second kappa shape index (κ2) is 4.31. The minimum atomic E-state index is 0.486. The van der Waals surface area contributed by atoms with Gasteiger partial charge in [0, 0.05) is 0 Å². The lowest BCUT2D eigenvalue weighted by Crippen LogP contribution is -1.97. The molecule has 0 bridgehead atoms. The molecule has 2 aromatic rings. The van der Waals surface area contributed by atoms with Crippen molar-refractivity contribution >= 4 is 17.2 Å². The number of hydrogen-bond acceptors (Lipinski definition) is 4. The zero-order valence-electron chi connectivity index (χ0n) is 8.43. The quantitative estimate of drug-likeness (QED) is 0.865. The van der Waals surface area contributed by atoms with E-state index in [1.54, 1.807) is 5.51 Å². The fourth-order valence-electron chi connectivity index (χ4n) is 1.17. The van der Waals surface area contributed by atoms with E-state index in [2.05, 4.69) is 4.98 Å². The fraction of sp³-hybridized carbons (Fsp3) is 0.182. The number of anilines is 1. The van der Waals surface area contributed by atoms with Gasteiger partial charge in [-0.25, -0.2) is 4.98 Å². The molecule has 78 valence electrons. The van der Waals surface area contributed by atoms with Gasteiger partial charge in [0.2, 0.25) is 0 Å². The Hall–Kier alpha value is -1.55. The Morgan fingerprint density at radius 2 is 2.07 bits per heavy atom. The van der Waals surface area contributed by atoms with E-state index in [0.29, 0.717) is 12.4 Å². The highest BCUT2D eigenvalue weighted by Crippen LogP contribution is 2.19. The van der Waals surface area contributed by atoms with E-state index in [1.165, 1.54) is 16.9 Å². The Morgan fingerprint density at radius 1 is 1.33 bits per heavy atom. The number of aromatic nitrogens is 1. The number of thiazole rings is 1. The van der Waals surface area contributed by atoms with Crippen LogP contribution >= 0.6 is 11.3 Å². The van der Waals surface area contributed by atoms with Crippen molar-refractivity contribution < 1.29 is 4.74 Å². The van der Waals surface area contributed by atoms with Crippen molar-refractivity contribution in [2.75, 3.05) is 5.73 Å². The second-order valence-corrected chi connectivity index (χ2v) is 4.20. The molecule has 0 aliphatic heterocycles. The van der Waals surface area contributed by atoms with Gasteiger partial charge >= 0.3 is 0 Å². The number of nitrogens with two attached hydrogens (primary N) is 1. The van der Waals surface area contributed by atoms with Gasteiger partial charge in [-0.3, -0.25) is 0 Å². The van der Waals surface area contributed by atoms with Crippen LogP contribution in [0.1, 0.15) is 10.4 Å². The SMILES string of the molecule is Cc1ccc(OCc2scnc2N)cc1. The average Bonchev–Trinajstić information content (AvgIpc) is 2.63. The van der Waals surface area contributed by atoms with Gasteiger partial charge in [0.25, 0.3) is 0 Å². The highest BCUT2D eigenvalue weighted by molar-refractivity contribution is 7.10. The van der Waals surface area contributed by atoms with E-state index < -0.39 is 0 Å². The third kappa shape index (κ3) is 2.47. The molecule has 0 aliphatic rings. The normalized spacial score (nSPS) is 10.2. The molecule has 0 saturated heterocycles. The molecule has 0 unspecified atom stereocenters. The van der Waals surface area contributed by atoms with E-state index >= 15 is 0 Å². The summed E-state index contributed by atoms with van der Waals surface area (Å²) in [7, 11) is 0. The molecule has 4 heteroatoms. The van der Waals surface area contributed by atoms with E-state index in [4.69, 9.17) is 10.5 Å². The molecule has 1 heterocycles. The summed E-state index contributed by atoms with van der Waals surface area (Å²) in [4.78, 5) is 4.93. The summed E-state index contributed by atoms with van der Waals surface area (Å²) in [5, 5.41) is 0. The van der Waals surface area contributed by atoms with Gasteiger partial charge in [-0.15, -0.1) is 11.3 Å². The topological polar surface area (TPSA) is 48.1 Å². The monoisotopic (exact) mass is 220 g/mol. The molecule has 0 spiro atoms. The van der Waals surface area contributed by atoms with Crippen molar-refractivity contribution in [2.24, 2.45) is 0 Å². The molecule has 1 aromatic heterocycles. The van der Waals surface area contributed by atoms with Gasteiger partial charge in [-0.2, -0.15) is 0 Å². The molecular weight excluding hydrogens is 208 g/mol. The molecular formula is C11H12N2OS. The molecule has 0 radical (unpaired) electrons. The maximum atomic E-state index is 5.65. The molecule has 0 fully saturated rings. The fourth-order valence-corrected chi connectivity index (χ4v) is 1.76.